The van der Waals surface area contributed by atoms with Gasteiger partial charge in [0.25, 0.3) is 0 Å². The Labute approximate surface area is 88.9 Å². The Balaban J connectivity index is 2.57. The third-order valence-corrected chi connectivity index (χ3v) is 3.11. The van der Waals surface area contributed by atoms with Crippen molar-refractivity contribution >= 4 is 17.7 Å². The average Bonchev–Trinajstić information content (AvgIpc) is 2.10. The Kier molecular flexibility index (Phi) is 4.01. The third-order valence-electron chi connectivity index (χ3n) is 1.95. The summed E-state index contributed by atoms with van der Waals surface area (Å²) in [5.41, 5.74) is 7.57. The van der Waals surface area contributed by atoms with E-state index < -0.39 is 0 Å². The lowest BCUT2D eigenvalue weighted by Crippen LogP contribution is -2.10. The molecule has 2 N–H and O–H groups in total. The summed E-state index contributed by atoms with van der Waals surface area (Å²) >= 11 is 1.69. The van der Waals surface area contributed by atoms with Crippen molar-refractivity contribution in [2.45, 2.75) is 25.2 Å². The predicted molar refractivity (Wildman–Crippen MR) is 60.5 cm³/mol. The number of aryl methyl sites for hydroxylation is 2. The van der Waals surface area contributed by atoms with E-state index in [1.54, 1.807) is 11.8 Å². The second-order valence-electron chi connectivity index (χ2n) is 3.33. The predicted octanol–water partition coefficient (Wildman–Crippen LogP) is 2.27. The molecule has 1 aromatic rings. The summed E-state index contributed by atoms with van der Waals surface area (Å²) in [5.74, 6) is 0.530. The highest BCUT2D eigenvalue weighted by Gasteiger charge is 2.00. The molecule has 0 atom stereocenters. The molecule has 0 radical (unpaired) electrons. The Morgan fingerprint density at radius 3 is 2.79 bits per heavy atom. The smallest absolute Gasteiger partial charge is 0.218 e. The van der Waals surface area contributed by atoms with Gasteiger partial charge >= 0.3 is 0 Å². The van der Waals surface area contributed by atoms with Gasteiger partial charge in [0.1, 0.15) is 0 Å². The van der Waals surface area contributed by atoms with E-state index >= 15 is 0 Å². The summed E-state index contributed by atoms with van der Waals surface area (Å²) in [6.07, 6.45) is 0.443. The zero-order chi connectivity index (χ0) is 10.6. The zero-order valence-corrected chi connectivity index (χ0v) is 9.36. The van der Waals surface area contributed by atoms with Crippen LogP contribution in [0.2, 0.25) is 0 Å². The summed E-state index contributed by atoms with van der Waals surface area (Å²) in [7, 11) is 0. The van der Waals surface area contributed by atoms with Crippen molar-refractivity contribution in [1.29, 1.82) is 0 Å². The third kappa shape index (κ3) is 3.42. The van der Waals surface area contributed by atoms with Crippen molar-refractivity contribution in [3.8, 4) is 0 Å². The molecule has 0 bridgehead atoms. The number of hydrogen-bond acceptors (Lipinski definition) is 2. The van der Waals surface area contributed by atoms with Gasteiger partial charge in [-0.3, -0.25) is 4.79 Å². The molecule has 0 spiro atoms. The minimum atomic E-state index is -0.234. The normalized spacial score (nSPS) is 10.1. The van der Waals surface area contributed by atoms with E-state index in [2.05, 4.69) is 32.0 Å². The SMILES string of the molecule is Cc1ccc(C)c(SCCC(N)=O)c1. The van der Waals surface area contributed by atoms with E-state index in [-0.39, 0.29) is 5.91 Å². The highest BCUT2D eigenvalue weighted by Crippen LogP contribution is 2.23. The molecule has 0 heterocycles. The maximum atomic E-state index is 10.6. The standard InChI is InChI=1S/C11H15NOS/c1-8-3-4-9(2)10(7-8)14-6-5-11(12)13/h3-4,7H,5-6H2,1-2H3,(H2,12,13). The fraction of sp³-hybridized carbons (Fsp3) is 0.364. The second-order valence-corrected chi connectivity index (χ2v) is 4.47. The van der Waals surface area contributed by atoms with E-state index in [4.69, 9.17) is 5.73 Å². The number of carbonyl (C=O) groups excluding carboxylic acids is 1. The van der Waals surface area contributed by atoms with Crippen LogP contribution in [0.25, 0.3) is 0 Å². The van der Waals surface area contributed by atoms with Crippen molar-refractivity contribution < 1.29 is 4.79 Å². The molecule has 0 unspecified atom stereocenters. The molecular formula is C11H15NOS. The minimum absolute atomic E-state index is 0.234. The lowest BCUT2D eigenvalue weighted by Gasteiger charge is -2.05. The lowest BCUT2D eigenvalue weighted by molar-refractivity contribution is -0.117. The second kappa shape index (κ2) is 5.05. The maximum Gasteiger partial charge on any atom is 0.218 e. The number of rotatable bonds is 4. The van der Waals surface area contributed by atoms with Crippen LogP contribution in [0.15, 0.2) is 23.1 Å². The molecule has 0 aliphatic carbocycles. The van der Waals surface area contributed by atoms with Crippen molar-refractivity contribution in [3.05, 3.63) is 29.3 Å². The maximum absolute atomic E-state index is 10.6. The van der Waals surface area contributed by atoms with Gasteiger partial charge in [-0.1, -0.05) is 17.7 Å². The first-order chi connectivity index (χ1) is 6.59. The van der Waals surface area contributed by atoms with Gasteiger partial charge in [0.15, 0.2) is 0 Å². The average molecular weight is 209 g/mol. The number of carbonyl (C=O) groups is 1. The summed E-state index contributed by atoms with van der Waals surface area (Å²) in [6.45, 7) is 4.14. The van der Waals surface area contributed by atoms with E-state index in [0.717, 1.165) is 5.75 Å². The van der Waals surface area contributed by atoms with Crippen LogP contribution in [-0.4, -0.2) is 11.7 Å². The summed E-state index contributed by atoms with van der Waals surface area (Å²) in [6, 6.07) is 6.33. The topological polar surface area (TPSA) is 43.1 Å². The van der Waals surface area contributed by atoms with Gasteiger partial charge in [-0.15, -0.1) is 11.8 Å². The summed E-state index contributed by atoms with van der Waals surface area (Å²) < 4.78 is 0. The number of primary amides is 1. The van der Waals surface area contributed by atoms with Crippen LogP contribution < -0.4 is 5.73 Å². The summed E-state index contributed by atoms with van der Waals surface area (Å²) in [4.78, 5) is 11.8. The van der Waals surface area contributed by atoms with Gasteiger partial charge in [0, 0.05) is 17.1 Å². The van der Waals surface area contributed by atoms with Gasteiger partial charge in [-0.05, 0) is 25.5 Å². The monoisotopic (exact) mass is 209 g/mol. The van der Waals surface area contributed by atoms with Crippen LogP contribution in [0, 0.1) is 13.8 Å². The van der Waals surface area contributed by atoms with Crippen molar-refractivity contribution in [3.63, 3.8) is 0 Å². The van der Waals surface area contributed by atoms with Crippen LogP contribution in [0.5, 0.6) is 0 Å². The number of amides is 1. The molecule has 76 valence electrons. The molecule has 0 aliphatic heterocycles. The zero-order valence-electron chi connectivity index (χ0n) is 8.54. The van der Waals surface area contributed by atoms with E-state index in [9.17, 15) is 4.79 Å². The fourth-order valence-corrected chi connectivity index (χ4v) is 2.21. The molecule has 14 heavy (non-hydrogen) atoms. The van der Waals surface area contributed by atoms with Crippen LogP contribution in [0.1, 0.15) is 17.5 Å². The molecule has 2 nitrogen and oxygen atoms in total. The molecule has 0 saturated heterocycles. The molecular weight excluding hydrogens is 194 g/mol. The molecule has 0 saturated carbocycles. The van der Waals surface area contributed by atoms with Crippen molar-refractivity contribution in [1.82, 2.24) is 0 Å². The molecule has 3 heteroatoms. The van der Waals surface area contributed by atoms with Gasteiger partial charge in [0.2, 0.25) is 5.91 Å². The summed E-state index contributed by atoms with van der Waals surface area (Å²) in [5, 5.41) is 0. The number of benzene rings is 1. The Morgan fingerprint density at radius 2 is 2.14 bits per heavy atom. The minimum Gasteiger partial charge on any atom is -0.370 e. The van der Waals surface area contributed by atoms with Crippen molar-refractivity contribution in [2.75, 3.05) is 5.75 Å². The fourth-order valence-electron chi connectivity index (χ4n) is 1.12. The van der Waals surface area contributed by atoms with Crippen LogP contribution in [0.3, 0.4) is 0 Å². The Morgan fingerprint density at radius 1 is 1.43 bits per heavy atom. The highest BCUT2D eigenvalue weighted by molar-refractivity contribution is 7.99. The highest BCUT2D eigenvalue weighted by atomic mass is 32.2. The van der Waals surface area contributed by atoms with E-state index in [1.165, 1.54) is 16.0 Å². The molecule has 1 aromatic carbocycles. The van der Waals surface area contributed by atoms with Crippen LogP contribution >= 0.6 is 11.8 Å². The van der Waals surface area contributed by atoms with Crippen LogP contribution in [0.4, 0.5) is 0 Å². The quantitative estimate of drug-likeness (QED) is 0.773. The van der Waals surface area contributed by atoms with Gasteiger partial charge in [0.05, 0.1) is 0 Å². The van der Waals surface area contributed by atoms with Crippen molar-refractivity contribution in [2.24, 2.45) is 5.73 Å². The van der Waals surface area contributed by atoms with E-state index in [0.29, 0.717) is 6.42 Å². The van der Waals surface area contributed by atoms with Gasteiger partial charge in [-0.25, -0.2) is 0 Å². The lowest BCUT2D eigenvalue weighted by atomic mass is 10.2. The first-order valence-corrected chi connectivity index (χ1v) is 5.56. The van der Waals surface area contributed by atoms with E-state index in [1.807, 2.05) is 0 Å². The molecule has 0 fully saturated rings. The molecule has 0 aromatic heterocycles. The number of hydrogen-bond donors (Lipinski definition) is 1. The molecule has 1 amide bonds. The van der Waals surface area contributed by atoms with Gasteiger partial charge < -0.3 is 5.73 Å². The Hall–Kier alpha value is -0.960. The molecule has 0 aliphatic rings. The van der Waals surface area contributed by atoms with Crippen LogP contribution in [-0.2, 0) is 4.79 Å². The number of nitrogens with two attached hydrogens (primary N) is 1. The molecule has 1 rings (SSSR count). The Bertz CT molecular complexity index is 336. The number of thioether (sulfide) groups is 1. The largest absolute Gasteiger partial charge is 0.370 e. The first kappa shape index (κ1) is 11.1. The van der Waals surface area contributed by atoms with Gasteiger partial charge in [-0.2, -0.15) is 0 Å². The first-order valence-electron chi connectivity index (χ1n) is 4.58.